The zero-order chi connectivity index (χ0) is 17.2. The van der Waals surface area contributed by atoms with Gasteiger partial charge in [-0.15, -0.1) is 11.3 Å². The number of rotatable bonds is 4. The van der Waals surface area contributed by atoms with Gasteiger partial charge in [-0.05, 0) is 36.6 Å². The van der Waals surface area contributed by atoms with E-state index in [-0.39, 0.29) is 11.9 Å². The van der Waals surface area contributed by atoms with Gasteiger partial charge in [-0.25, -0.2) is 4.98 Å². The quantitative estimate of drug-likeness (QED) is 0.707. The molecule has 2 heterocycles. The van der Waals surface area contributed by atoms with Crippen LogP contribution in [-0.2, 0) is 11.2 Å². The maximum Gasteiger partial charge on any atom is 0.224 e. The van der Waals surface area contributed by atoms with Crippen molar-refractivity contribution in [3.05, 3.63) is 65.0 Å². The molecule has 4 nitrogen and oxygen atoms in total. The molecule has 25 heavy (non-hydrogen) atoms. The predicted molar refractivity (Wildman–Crippen MR) is 103 cm³/mol. The van der Waals surface area contributed by atoms with Gasteiger partial charge >= 0.3 is 0 Å². The van der Waals surface area contributed by atoms with E-state index >= 15 is 0 Å². The van der Waals surface area contributed by atoms with Crippen molar-refractivity contribution in [3.8, 4) is 11.3 Å². The van der Waals surface area contributed by atoms with Crippen LogP contribution < -0.4 is 10.6 Å². The van der Waals surface area contributed by atoms with Crippen molar-refractivity contribution >= 4 is 28.1 Å². The summed E-state index contributed by atoms with van der Waals surface area (Å²) in [5.41, 5.74) is 5.39. The first kappa shape index (κ1) is 15.8. The summed E-state index contributed by atoms with van der Waals surface area (Å²) in [6, 6.07) is 16.7. The van der Waals surface area contributed by atoms with Crippen molar-refractivity contribution in [2.45, 2.75) is 25.8 Å². The molecule has 2 aromatic carbocycles. The van der Waals surface area contributed by atoms with Crippen LogP contribution in [0.4, 0.5) is 10.8 Å². The minimum Gasteiger partial charge on any atom is -0.355 e. The SMILES string of the molecule is C[C@H](Nc1nc(-c2ccc3c(c2)CCC(=O)N3)cs1)c1ccccc1. The third kappa shape index (κ3) is 3.42. The van der Waals surface area contributed by atoms with E-state index in [1.54, 1.807) is 11.3 Å². The van der Waals surface area contributed by atoms with Crippen molar-refractivity contribution < 1.29 is 4.79 Å². The van der Waals surface area contributed by atoms with Crippen LogP contribution in [0.25, 0.3) is 11.3 Å². The largest absolute Gasteiger partial charge is 0.355 e. The average Bonchev–Trinajstić information content (AvgIpc) is 3.10. The van der Waals surface area contributed by atoms with Gasteiger partial charge < -0.3 is 10.6 Å². The molecular formula is C20H19N3OS. The Bertz CT molecular complexity index is 904. The third-order valence-electron chi connectivity index (χ3n) is 4.44. The Morgan fingerprint density at radius 2 is 2.00 bits per heavy atom. The highest BCUT2D eigenvalue weighted by molar-refractivity contribution is 7.14. The fraction of sp³-hybridized carbons (Fsp3) is 0.200. The zero-order valence-corrected chi connectivity index (χ0v) is 14.8. The second kappa shape index (κ2) is 6.69. The minimum atomic E-state index is 0.0929. The minimum absolute atomic E-state index is 0.0929. The van der Waals surface area contributed by atoms with Gasteiger partial charge in [-0.2, -0.15) is 0 Å². The second-order valence-electron chi connectivity index (χ2n) is 6.23. The molecule has 5 heteroatoms. The number of anilines is 2. The second-order valence-corrected chi connectivity index (χ2v) is 7.09. The Morgan fingerprint density at radius 3 is 2.84 bits per heavy atom. The molecule has 0 spiro atoms. The van der Waals surface area contributed by atoms with Crippen molar-refractivity contribution in [1.29, 1.82) is 0 Å². The number of nitrogens with one attached hydrogen (secondary N) is 2. The highest BCUT2D eigenvalue weighted by atomic mass is 32.1. The molecule has 1 amide bonds. The van der Waals surface area contributed by atoms with Crippen molar-refractivity contribution in [2.24, 2.45) is 0 Å². The lowest BCUT2D eigenvalue weighted by Crippen LogP contribution is -2.18. The molecule has 1 aliphatic heterocycles. The van der Waals surface area contributed by atoms with E-state index in [9.17, 15) is 4.79 Å². The smallest absolute Gasteiger partial charge is 0.224 e. The monoisotopic (exact) mass is 349 g/mol. The molecule has 0 saturated carbocycles. The zero-order valence-electron chi connectivity index (χ0n) is 14.0. The molecule has 0 fully saturated rings. The molecular weight excluding hydrogens is 330 g/mol. The Labute approximate surface area is 150 Å². The predicted octanol–water partition coefficient (Wildman–Crippen LogP) is 4.87. The first-order chi connectivity index (χ1) is 12.2. The van der Waals surface area contributed by atoms with Crippen molar-refractivity contribution in [2.75, 3.05) is 10.6 Å². The van der Waals surface area contributed by atoms with Gasteiger partial charge in [-0.3, -0.25) is 4.79 Å². The number of benzene rings is 2. The number of hydrogen-bond acceptors (Lipinski definition) is 4. The summed E-state index contributed by atoms with van der Waals surface area (Å²) in [5, 5.41) is 9.37. The third-order valence-corrected chi connectivity index (χ3v) is 5.21. The molecule has 1 aromatic heterocycles. The number of aromatic nitrogens is 1. The molecule has 1 aliphatic rings. The van der Waals surface area contributed by atoms with E-state index in [4.69, 9.17) is 4.98 Å². The van der Waals surface area contributed by atoms with Crippen LogP contribution in [0.5, 0.6) is 0 Å². The Kier molecular flexibility index (Phi) is 4.24. The van der Waals surface area contributed by atoms with Crippen molar-refractivity contribution in [1.82, 2.24) is 4.98 Å². The summed E-state index contributed by atoms with van der Waals surface area (Å²) in [6.45, 7) is 2.14. The summed E-state index contributed by atoms with van der Waals surface area (Å²) in [7, 11) is 0. The molecule has 126 valence electrons. The first-order valence-corrected chi connectivity index (χ1v) is 9.27. The number of hydrogen-bond donors (Lipinski definition) is 2. The number of aryl methyl sites for hydroxylation is 1. The maximum absolute atomic E-state index is 11.5. The molecule has 0 saturated heterocycles. The molecule has 3 aromatic rings. The van der Waals surface area contributed by atoms with E-state index in [2.05, 4.69) is 41.1 Å². The topological polar surface area (TPSA) is 54.0 Å². The average molecular weight is 349 g/mol. The van der Waals surface area contributed by atoms with Crippen LogP contribution >= 0.6 is 11.3 Å². The van der Waals surface area contributed by atoms with Gasteiger partial charge in [0, 0.05) is 23.1 Å². The summed E-state index contributed by atoms with van der Waals surface area (Å²) >= 11 is 1.61. The van der Waals surface area contributed by atoms with E-state index in [0.717, 1.165) is 28.5 Å². The number of carbonyl (C=O) groups excluding carboxylic acids is 1. The molecule has 0 aliphatic carbocycles. The van der Waals surface area contributed by atoms with Crippen LogP contribution in [0.2, 0.25) is 0 Å². The summed E-state index contributed by atoms with van der Waals surface area (Å²) < 4.78 is 0. The Balaban J connectivity index is 1.52. The van der Waals surface area contributed by atoms with Crippen LogP contribution in [0.15, 0.2) is 53.9 Å². The van der Waals surface area contributed by atoms with Crippen LogP contribution in [0.1, 0.15) is 30.5 Å². The number of nitrogens with zero attached hydrogens (tertiary/aromatic N) is 1. The Hall–Kier alpha value is -2.66. The van der Waals surface area contributed by atoms with Gasteiger partial charge in [0.25, 0.3) is 0 Å². The van der Waals surface area contributed by atoms with Gasteiger partial charge in [0.05, 0.1) is 11.7 Å². The summed E-state index contributed by atoms with van der Waals surface area (Å²) in [5.74, 6) is 0.0929. The number of carbonyl (C=O) groups is 1. The van der Waals surface area contributed by atoms with Gasteiger partial charge in [0.2, 0.25) is 5.91 Å². The van der Waals surface area contributed by atoms with Crippen LogP contribution in [0.3, 0.4) is 0 Å². The maximum atomic E-state index is 11.5. The van der Waals surface area contributed by atoms with Crippen LogP contribution in [-0.4, -0.2) is 10.9 Å². The molecule has 0 radical (unpaired) electrons. The summed E-state index contributed by atoms with van der Waals surface area (Å²) in [6.07, 6.45) is 1.34. The van der Waals surface area contributed by atoms with E-state index in [1.807, 2.05) is 30.3 Å². The first-order valence-electron chi connectivity index (χ1n) is 8.39. The lowest BCUT2D eigenvalue weighted by atomic mass is 9.99. The normalized spacial score (nSPS) is 14.5. The number of fused-ring (bicyclic) bond motifs is 1. The summed E-state index contributed by atoms with van der Waals surface area (Å²) in [4.78, 5) is 16.2. The van der Waals surface area contributed by atoms with E-state index in [1.165, 1.54) is 11.1 Å². The van der Waals surface area contributed by atoms with Gasteiger partial charge in [0.1, 0.15) is 0 Å². The Morgan fingerprint density at radius 1 is 1.16 bits per heavy atom. The number of thiazole rings is 1. The highest BCUT2D eigenvalue weighted by Crippen LogP contribution is 2.31. The molecule has 2 N–H and O–H groups in total. The number of amides is 1. The van der Waals surface area contributed by atoms with Crippen molar-refractivity contribution in [3.63, 3.8) is 0 Å². The van der Waals surface area contributed by atoms with Crippen LogP contribution in [0, 0.1) is 0 Å². The van der Waals surface area contributed by atoms with E-state index in [0.29, 0.717) is 6.42 Å². The molecule has 1 atom stereocenters. The molecule has 4 rings (SSSR count). The van der Waals surface area contributed by atoms with Gasteiger partial charge in [-0.1, -0.05) is 36.4 Å². The molecule has 0 unspecified atom stereocenters. The fourth-order valence-corrected chi connectivity index (χ4v) is 3.83. The standard InChI is InChI=1S/C20H19N3OS/c1-13(14-5-3-2-4-6-14)21-20-23-18(12-25-20)16-7-9-17-15(11-16)8-10-19(24)22-17/h2-7,9,11-13H,8,10H2,1H3,(H,21,23)(H,22,24)/t13-/m0/s1. The molecule has 0 bridgehead atoms. The lowest BCUT2D eigenvalue weighted by molar-refractivity contribution is -0.116. The van der Waals surface area contributed by atoms with Gasteiger partial charge in [0.15, 0.2) is 5.13 Å². The lowest BCUT2D eigenvalue weighted by Gasteiger charge is -2.17. The fourth-order valence-electron chi connectivity index (χ4n) is 3.03. The van der Waals surface area contributed by atoms with E-state index < -0.39 is 0 Å². The highest BCUT2D eigenvalue weighted by Gasteiger charge is 2.16.